The summed E-state index contributed by atoms with van der Waals surface area (Å²) in [7, 11) is 0. The van der Waals surface area contributed by atoms with Gasteiger partial charge in [-0.05, 0) is 36.1 Å². The quantitative estimate of drug-likeness (QED) is 0.722. The van der Waals surface area contributed by atoms with Crippen molar-refractivity contribution in [3.05, 3.63) is 58.5 Å². The second kappa shape index (κ2) is 8.07. The monoisotopic (exact) mass is 372 g/mol. The summed E-state index contributed by atoms with van der Waals surface area (Å²) in [6.07, 6.45) is 0. The van der Waals surface area contributed by atoms with Gasteiger partial charge in [-0.3, -0.25) is 9.59 Å². The zero-order valence-corrected chi connectivity index (χ0v) is 15.9. The largest absolute Gasteiger partial charge is 0.478 e. The highest BCUT2D eigenvalue weighted by molar-refractivity contribution is 5.96. The third kappa shape index (κ3) is 5.44. The Kier molecular flexibility index (Phi) is 6.05. The van der Waals surface area contributed by atoms with Gasteiger partial charge < -0.3 is 20.2 Å². The highest BCUT2D eigenvalue weighted by Gasteiger charge is 2.16. The number of hydrogen-bond donors (Lipinski definition) is 3. The third-order valence-corrected chi connectivity index (χ3v) is 4.08. The van der Waals surface area contributed by atoms with Crippen LogP contribution < -0.4 is 10.6 Å². The van der Waals surface area contributed by atoms with E-state index in [1.807, 2.05) is 12.1 Å². The second-order valence-corrected chi connectivity index (χ2v) is 7.27. The first-order valence-corrected chi connectivity index (χ1v) is 8.56. The highest BCUT2D eigenvalue weighted by atomic mass is 16.4. The van der Waals surface area contributed by atoms with Crippen LogP contribution in [0.4, 0.5) is 0 Å². The fourth-order valence-corrected chi connectivity index (χ4v) is 2.48. The molecule has 0 saturated carbocycles. The minimum Gasteiger partial charge on any atom is -0.478 e. The predicted molar refractivity (Wildman–Crippen MR) is 99.7 cm³/mol. The molecule has 1 aromatic carbocycles. The normalized spacial score (nSPS) is 11.1. The van der Waals surface area contributed by atoms with Gasteiger partial charge in [0, 0.05) is 5.56 Å². The molecule has 0 aliphatic rings. The molecular weight excluding hydrogens is 348 g/mol. The molecule has 0 spiro atoms. The Morgan fingerprint density at radius 2 is 1.70 bits per heavy atom. The molecule has 0 aliphatic carbocycles. The molecular formula is C20H24N2O5. The molecule has 1 heterocycles. The number of carbonyl (C=O) groups excluding carboxylic acids is 2. The summed E-state index contributed by atoms with van der Waals surface area (Å²) in [6.45, 7) is 7.67. The summed E-state index contributed by atoms with van der Waals surface area (Å²) in [5, 5.41) is 14.1. The fourth-order valence-electron chi connectivity index (χ4n) is 2.48. The van der Waals surface area contributed by atoms with Crippen molar-refractivity contribution in [2.24, 2.45) is 0 Å². The van der Waals surface area contributed by atoms with Crippen molar-refractivity contribution in [3.63, 3.8) is 0 Å². The Hall–Kier alpha value is -3.09. The van der Waals surface area contributed by atoms with Crippen molar-refractivity contribution in [2.45, 2.75) is 39.7 Å². The minimum atomic E-state index is -1.08. The molecule has 0 atom stereocenters. The van der Waals surface area contributed by atoms with Crippen molar-refractivity contribution < 1.29 is 23.9 Å². The standard InChI is InChI=1S/C20H24N2O5/c1-12-16(19(25)26)9-15(27-12)10-21-17(23)11-22-18(24)13-5-7-14(8-6-13)20(2,3)4/h5-9H,10-11H2,1-4H3,(H,21,23)(H,22,24)(H,25,26). The molecule has 7 heteroatoms. The van der Waals surface area contributed by atoms with Crippen LogP contribution in [0, 0.1) is 6.92 Å². The molecule has 0 fully saturated rings. The van der Waals surface area contributed by atoms with Gasteiger partial charge in [-0.15, -0.1) is 0 Å². The number of carboxylic acid groups (broad SMARTS) is 1. The van der Waals surface area contributed by atoms with E-state index in [1.54, 1.807) is 19.1 Å². The lowest BCUT2D eigenvalue weighted by molar-refractivity contribution is -0.120. The molecule has 0 bridgehead atoms. The Bertz CT molecular complexity index is 844. The van der Waals surface area contributed by atoms with Crippen molar-refractivity contribution in [2.75, 3.05) is 6.54 Å². The molecule has 144 valence electrons. The van der Waals surface area contributed by atoms with E-state index >= 15 is 0 Å². The van der Waals surface area contributed by atoms with Crippen LogP contribution in [0.3, 0.4) is 0 Å². The van der Waals surface area contributed by atoms with Crippen LogP contribution in [0.25, 0.3) is 0 Å². The number of benzene rings is 1. The van der Waals surface area contributed by atoms with Gasteiger partial charge in [0.2, 0.25) is 5.91 Å². The molecule has 0 saturated heterocycles. The maximum atomic E-state index is 12.1. The fraction of sp³-hybridized carbons (Fsp3) is 0.350. The molecule has 3 N–H and O–H groups in total. The van der Waals surface area contributed by atoms with E-state index in [4.69, 9.17) is 9.52 Å². The summed E-state index contributed by atoms with van der Waals surface area (Å²) >= 11 is 0. The number of furan rings is 1. The molecule has 27 heavy (non-hydrogen) atoms. The lowest BCUT2D eigenvalue weighted by Crippen LogP contribution is -2.36. The minimum absolute atomic E-state index is 0.000395. The van der Waals surface area contributed by atoms with Gasteiger partial charge in [-0.25, -0.2) is 4.79 Å². The van der Waals surface area contributed by atoms with Gasteiger partial charge >= 0.3 is 5.97 Å². The van der Waals surface area contributed by atoms with E-state index < -0.39 is 11.9 Å². The van der Waals surface area contributed by atoms with Crippen LogP contribution in [0.15, 0.2) is 34.7 Å². The van der Waals surface area contributed by atoms with Gasteiger partial charge in [-0.2, -0.15) is 0 Å². The van der Waals surface area contributed by atoms with E-state index in [2.05, 4.69) is 31.4 Å². The van der Waals surface area contributed by atoms with Gasteiger partial charge in [0.1, 0.15) is 17.1 Å². The third-order valence-electron chi connectivity index (χ3n) is 4.08. The molecule has 2 amide bonds. The highest BCUT2D eigenvalue weighted by Crippen LogP contribution is 2.22. The van der Waals surface area contributed by atoms with E-state index in [9.17, 15) is 14.4 Å². The second-order valence-electron chi connectivity index (χ2n) is 7.27. The first-order valence-electron chi connectivity index (χ1n) is 8.56. The van der Waals surface area contributed by atoms with Crippen LogP contribution in [0.1, 0.15) is 58.6 Å². The summed E-state index contributed by atoms with van der Waals surface area (Å²) in [4.78, 5) is 35.0. The maximum Gasteiger partial charge on any atom is 0.339 e. The van der Waals surface area contributed by atoms with Crippen molar-refractivity contribution in [1.29, 1.82) is 0 Å². The van der Waals surface area contributed by atoms with Gasteiger partial charge in [0.15, 0.2) is 0 Å². The predicted octanol–water partition coefficient (Wildman–Crippen LogP) is 2.63. The van der Waals surface area contributed by atoms with Crippen LogP contribution in [-0.4, -0.2) is 29.4 Å². The SMILES string of the molecule is Cc1oc(CNC(=O)CNC(=O)c2ccc(C(C)(C)C)cc2)cc1C(=O)O. The topological polar surface area (TPSA) is 109 Å². The number of aromatic carboxylic acids is 1. The van der Waals surface area contributed by atoms with Crippen molar-refractivity contribution in [3.8, 4) is 0 Å². The smallest absolute Gasteiger partial charge is 0.339 e. The average Bonchev–Trinajstić information content (AvgIpc) is 2.98. The lowest BCUT2D eigenvalue weighted by Gasteiger charge is -2.19. The van der Waals surface area contributed by atoms with Crippen molar-refractivity contribution >= 4 is 17.8 Å². The Balaban J connectivity index is 1.83. The van der Waals surface area contributed by atoms with Crippen molar-refractivity contribution in [1.82, 2.24) is 10.6 Å². The van der Waals surface area contributed by atoms with Crippen LogP contribution in [0.5, 0.6) is 0 Å². The number of carbonyl (C=O) groups is 3. The number of nitrogens with one attached hydrogen (secondary N) is 2. The van der Waals surface area contributed by atoms with Gasteiger partial charge in [-0.1, -0.05) is 32.9 Å². The Labute approximate surface area is 157 Å². The summed E-state index contributed by atoms with van der Waals surface area (Å²) in [6, 6.07) is 8.62. The number of hydrogen-bond acceptors (Lipinski definition) is 4. The molecule has 7 nitrogen and oxygen atoms in total. The number of rotatable bonds is 6. The molecule has 0 radical (unpaired) electrons. The maximum absolute atomic E-state index is 12.1. The number of carboxylic acids is 1. The van der Waals surface area contributed by atoms with Crippen LogP contribution in [-0.2, 0) is 16.8 Å². The van der Waals surface area contributed by atoms with E-state index in [0.717, 1.165) is 5.56 Å². The van der Waals surface area contributed by atoms with E-state index in [1.165, 1.54) is 6.07 Å². The van der Waals surface area contributed by atoms with Crippen LogP contribution in [0.2, 0.25) is 0 Å². The number of amides is 2. The zero-order chi connectivity index (χ0) is 20.2. The molecule has 0 unspecified atom stereocenters. The van der Waals surface area contributed by atoms with Gasteiger partial charge in [0.25, 0.3) is 5.91 Å². The van der Waals surface area contributed by atoms with Gasteiger partial charge in [0.05, 0.1) is 13.1 Å². The van der Waals surface area contributed by atoms with E-state index in [0.29, 0.717) is 11.3 Å². The average molecular weight is 372 g/mol. The van der Waals surface area contributed by atoms with Crippen LogP contribution >= 0.6 is 0 Å². The summed E-state index contributed by atoms with van der Waals surface area (Å²) in [5.74, 6) is -1.21. The molecule has 1 aromatic heterocycles. The zero-order valence-electron chi connectivity index (χ0n) is 15.9. The lowest BCUT2D eigenvalue weighted by atomic mass is 9.87. The Morgan fingerprint density at radius 1 is 1.07 bits per heavy atom. The first-order chi connectivity index (χ1) is 12.6. The Morgan fingerprint density at radius 3 is 2.22 bits per heavy atom. The number of aryl methyl sites for hydroxylation is 1. The summed E-state index contributed by atoms with van der Waals surface area (Å²) < 4.78 is 5.28. The summed E-state index contributed by atoms with van der Waals surface area (Å²) in [5.41, 5.74) is 1.65. The molecule has 2 rings (SSSR count). The molecule has 2 aromatic rings. The van der Waals surface area contributed by atoms with E-state index in [-0.39, 0.29) is 35.7 Å². The first kappa shape index (κ1) is 20.2. The molecule has 0 aliphatic heterocycles.